The molecular weight excluding hydrogens is 684 g/mol. The van der Waals surface area contributed by atoms with Gasteiger partial charge in [-0.2, -0.15) is 0 Å². The minimum Gasteiger partial charge on any atom is -0.480 e. The quantitative estimate of drug-likeness (QED) is 0.0628. The highest BCUT2D eigenvalue weighted by Gasteiger charge is 2.36. The molecule has 16 heteroatoms. The van der Waals surface area contributed by atoms with Crippen LogP contribution in [-0.2, 0) is 28.8 Å². The normalized spacial score (nSPS) is 16.6. The number of carbonyl (C=O) groups excluding carboxylic acids is 6. The summed E-state index contributed by atoms with van der Waals surface area (Å²) in [6.07, 6.45) is 11.0. The fraction of sp³-hybridized carbons (Fsp3) is 0.703. The number of Topliss-reactive ketones (excluding diaryl/α,β-unsaturated/α-hetero) is 1. The number of carboxylic acid groups (broad SMARTS) is 1. The Morgan fingerprint density at radius 1 is 0.792 bits per heavy atom. The van der Waals surface area contributed by atoms with Gasteiger partial charge in [-0.25, -0.2) is 9.78 Å². The maximum atomic E-state index is 14.0. The molecule has 1 saturated carbocycles. The Morgan fingerprint density at radius 2 is 1.45 bits per heavy atom. The summed E-state index contributed by atoms with van der Waals surface area (Å²) < 4.78 is 0. The number of nitrogens with zero attached hydrogens (tertiary/aromatic N) is 2. The van der Waals surface area contributed by atoms with Crippen LogP contribution >= 0.6 is 0 Å². The number of amides is 5. The zero-order valence-corrected chi connectivity index (χ0v) is 31.8. The molecule has 16 nitrogen and oxygen atoms in total. The van der Waals surface area contributed by atoms with Crippen LogP contribution in [0.15, 0.2) is 18.6 Å². The molecule has 8 N–H and O–H groups in total. The van der Waals surface area contributed by atoms with E-state index >= 15 is 0 Å². The van der Waals surface area contributed by atoms with Gasteiger partial charge in [0, 0.05) is 12.4 Å². The molecule has 0 saturated heterocycles. The first-order valence-electron chi connectivity index (χ1n) is 19.0. The maximum Gasteiger partial charge on any atom is 0.326 e. The number of aliphatic carboxylic acids is 1. The molecule has 0 spiro atoms. The molecule has 53 heavy (non-hydrogen) atoms. The summed E-state index contributed by atoms with van der Waals surface area (Å²) in [4.78, 5) is 100. The Morgan fingerprint density at radius 3 is 2.02 bits per heavy atom. The van der Waals surface area contributed by atoms with Crippen LogP contribution in [0, 0.1) is 17.8 Å². The molecule has 1 aliphatic carbocycles. The van der Waals surface area contributed by atoms with Crippen molar-refractivity contribution in [3.63, 3.8) is 0 Å². The van der Waals surface area contributed by atoms with Gasteiger partial charge in [-0.05, 0) is 62.8 Å². The number of carboxylic acids is 1. The fourth-order valence-electron chi connectivity index (χ4n) is 6.32. The predicted octanol–water partition coefficient (Wildman–Crippen LogP) is 1.77. The predicted molar refractivity (Wildman–Crippen MR) is 197 cm³/mol. The molecule has 1 aromatic rings. The van der Waals surface area contributed by atoms with Crippen LogP contribution in [-0.4, -0.2) is 93.1 Å². The highest BCUT2D eigenvalue weighted by Crippen LogP contribution is 2.27. The van der Waals surface area contributed by atoms with Crippen LogP contribution in [0.1, 0.15) is 122 Å². The van der Waals surface area contributed by atoms with Crippen LogP contribution < -0.4 is 32.3 Å². The van der Waals surface area contributed by atoms with Gasteiger partial charge < -0.3 is 37.4 Å². The third kappa shape index (κ3) is 15.2. The Balaban J connectivity index is 2.27. The summed E-state index contributed by atoms with van der Waals surface area (Å²) in [6.45, 7) is 9.41. The lowest BCUT2D eigenvalue weighted by molar-refractivity contribution is -0.145. The van der Waals surface area contributed by atoms with Gasteiger partial charge >= 0.3 is 5.97 Å². The Labute approximate surface area is 312 Å². The molecular formula is C37H60N8O8. The van der Waals surface area contributed by atoms with Crippen molar-refractivity contribution in [3.8, 4) is 0 Å². The van der Waals surface area contributed by atoms with E-state index in [1.807, 2.05) is 20.8 Å². The Hall–Kier alpha value is -4.47. The highest BCUT2D eigenvalue weighted by molar-refractivity contribution is 6.38. The minimum atomic E-state index is -1.29. The number of aromatic nitrogens is 2. The summed E-state index contributed by atoms with van der Waals surface area (Å²) in [5.41, 5.74) is 5.52. The van der Waals surface area contributed by atoms with Gasteiger partial charge in [0.25, 0.3) is 11.8 Å². The first-order chi connectivity index (χ1) is 25.2. The fourth-order valence-corrected chi connectivity index (χ4v) is 6.32. The SMILES string of the molecule is CCC(NC(=O)[C@H](CC1CCCCC1)NC(=O)[C@@H](NC(=O)[C@H](CC(C)C)NC(=O)c1cnccn1)C(C)CC)C(=O)C(=O)NC(CCCCN)C(=O)O. The summed E-state index contributed by atoms with van der Waals surface area (Å²) in [5.74, 6) is -6.10. The summed E-state index contributed by atoms with van der Waals surface area (Å²) >= 11 is 0. The first kappa shape index (κ1) is 44.7. The van der Waals surface area contributed by atoms with E-state index in [1.54, 1.807) is 13.8 Å². The molecule has 1 fully saturated rings. The van der Waals surface area contributed by atoms with Gasteiger partial charge in [0.2, 0.25) is 23.5 Å². The number of rotatable bonds is 23. The standard InChI is InChI=1S/C37H60N8O8/c1-6-23(5)30(45-33(48)27(19-22(3)4)43-34(49)29-21-39-17-18-40-29)35(50)44-28(20-24-13-9-8-10-14-24)32(47)41-25(7-2)31(46)36(51)42-26(37(52)53)15-11-12-16-38/h17-18,21-28,30H,6-16,19-20,38H2,1-5H3,(H,41,47)(H,42,51)(H,43,49)(H,44,50)(H,45,48)(H,52,53)/t23?,25?,26?,27-,28-,30-/m0/s1. The van der Waals surface area contributed by atoms with Crippen molar-refractivity contribution in [1.82, 2.24) is 36.6 Å². The second-order valence-corrected chi connectivity index (χ2v) is 14.4. The number of unbranched alkanes of at least 4 members (excludes halogenated alkanes) is 1. The molecule has 296 valence electrons. The molecule has 0 aliphatic heterocycles. The van der Waals surface area contributed by atoms with Crippen LogP contribution in [0.5, 0.6) is 0 Å². The lowest BCUT2D eigenvalue weighted by atomic mass is 9.84. The molecule has 3 unspecified atom stereocenters. The van der Waals surface area contributed by atoms with Gasteiger partial charge in [-0.1, -0.05) is 73.1 Å². The lowest BCUT2D eigenvalue weighted by Crippen LogP contribution is -2.60. The van der Waals surface area contributed by atoms with Crippen molar-refractivity contribution in [3.05, 3.63) is 24.3 Å². The number of nitrogens with two attached hydrogens (primary N) is 1. The van der Waals surface area contributed by atoms with Gasteiger partial charge in [0.15, 0.2) is 0 Å². The summed E-state index contributed by atoms with van der Waals surface area (Å²) in [6, 6.07) is -5.72. The molecule has 6 atom stereocenters. The van der Waals surface area contributed by atoms with Gasteiger partial charge in [0.05, 0.1) is 12.2 Å². The van der Waals surface area contributed by atoms with Crippen LogP contribution in [0.2, 0.25) is 0 Å². The van der Waals surface area contributed by atoms with E-state index < -0.39 is 71.5 Å². The van der Waals surface area contributed by atoms with Crippen LogP contribution in [0.3, 0.4) is 0 Å². The molecule has 1 aromatic heterocycles. The highest BCUT2D eigenvalue weighted by atomic mass is 16.4. The number of hydrogen-bond acceptors (Lipinski definition) is 10. The Bertz CT molecular complexity index is 1370. The second kappa shape index (κ2) is 23.2. The monoisotopic (exact) mass is 744 g/mol. The number of ketones is 1. The van der Waals surface area contributed by atoms with E-state index in [-0.39, 0.29) is 49.1 Å². The zero-order chi connectivity index (χ0) is 39.5. The van der Waals surface area contributed by atoms with Crippen molar-refractivity contribution in [2.75, 3.05) is 6.54 Å². The molecule has 0 radical (unpaired) electrons. The van der Waals surface area contributed by atoms with Gasteiger partial charge in [0.1, 0.15) is 29.9 Å². The number of nitrogens with one attached hydrogen (secondary N) is 5. The molecule has 0 bridgehead atoms. The maximum absolute atomic E-state index is 14.0. The van der Waals surface area contributed by atoms with Crippen LogP contribution in [0.4, 0.5) is 0 Å². The largest absolute Gasteiger partial charge is 0.480 e. The minimum absolute atomic E-state index is 0.00910. The van der Waals surface area contributed by atoms with E-state index in [0.717, 1.165) is 32.1 Å². The molecule has 5 amide bonds. The molecule has 1 heterocycles. The van der Waals surface area contributed by atoms with E-state index in [0.29, 0.717) is 25.8 Å². The van der Waals surface area contributed by atoms with E-state index in [9.17, 15) is 38.7 Å². The third-order valence-electron chi connectivity index (χ3n) is 9.66. The van der Waals surface area contributed by atoms with Gasteiger partial charge in [-0.15, -0.1) is 0 Å². The average molecular weight is 745 g/mol. The van der Waals surface area contributed by atoms with Crippen molar-refractivity contribution in [2.24, 2.45) is 23.5 Å². The molecule has 1 aliphatic rings. The number of carbonyl (C=O) groups is 7. The van der Waals surface area contributed by atoms with Crippen molar-refractivity contribution in [2.45, 2.75) is 142 Å². The number of hydrogen-bond donors (Lipinski definition) is 7. The first-order valence-corrected chi connectivity index (χ1v) is 19.0. The van der Waals surface area contributed by atoms with Crippen molar-refractivity contribution >= 4 is 41.3 Å². The topological polar surface area (TPSA) is 252 Å². The zero-order valence-electron chi connectivity index (χ0n) is 31.8. The smallest absolute Gasteiger partial charge is 0.326 e. The third-order valence-corrected chi connectivity index (χ3v) is 9.66. The molecule has 2 rings (SSSR count). The van der Waals surface area contributed by atoms with Gasteiger partial charge in [-0.3, -0.25) is 33.8 Å². The van der Waals surface area contributed by atoms with E-state index in [1.165, 1.54) is 18.6 Å². The van der Waals surface area contributed by atoms with Crippen molar-refractivity contribution < 1.29 is 38.7 Å². The average Bonchev–Trinajstić information content (AvgIpc) is 3.14. The van der Waals surface area contributed by atoms with E-state index in [2.05, 4.69) is 36.6 Å². The summed E-state index contributed by atoms with van der Waals surface area (Å²) in [5, 5.41) is 22.8. The van der Waals surface area contributed by atoms with Crippen LogP contribution in [0.25, 0.3) is 0 Å². The van der Waals surface area contributed by atoms with Crippen molar-refractivity contribution in [1.29, 1.82) is 0 Å². The second-order valence-electron chi connectivity index (χ2n) is 14.4. The lowest BCUT2D eigenvalue weighted by Gasteiger charge is -2.31. The Kier molecular flexibility index (Phi) is 19.6. The summed E-state index contributed by atoms with van der Waals surface area (Å²) in [7, 11) is 0. The molecule has 0 aromatic carbocycles. The van der Waals surface area contributed by atoms with E-state index in [4.69, 9.17) is 5.73 Å².